The molecule has 7 nitrogen and oxygen atoms in total. The number of nitrogens with one attached hydrogen (secondary N) is 2. The lowest BCUT2D eigenvalue weighted by molar-refractivity contribution is -0.126. The largest absolute Gasteiger partial charge is 0.504 e. The zero-order valence-electron chi connectivity index (χ0n) is 17.5. The molecule has 168 valence electrons. The van der Waals surface area contributed by atoms with Crippen molar-refractivity contribution >= 4 is 15.9 Å². The summed E-state index contributed by atoms with van der Waals surface area (Å²) >= 11 is 0. The Morgan fingerprint density at radius 3 is 2.39 bits per heavy atom. The van der Waals surface area contributed by atoms with Crippen molar-refractivity contribution in [3.05, 3.63) is 53.8 Å². The molecule has 1 fully saturated rings. The van der Waals surface area contributed by atoms with Crippen molar-refractivity contribution < 1.29 is 27.4 Å². The van der Waals surface area contributed by atoms with Crippen LogP contribution in [-0.2, 0) is 14.8 Å². The summed E-state index contributed by atoms with van der Waals surface area (Å²) in [6.07, 6.45) is 2.21. The molecule has 3 rings (SSSR count). The summed E-state index contributed by atoms with van der Waals surface area (Å²) in [5.41, 5.74) is 0.820. The van der Waals surface area contributed by atoms with Gasteiger partial charge in [0, 0.05) is 18.0 Å². The Balaban J connectivity index is 1.54. The van der Waals surface area contributed by atoms with E-state index in [1.165, 1.54) is 37.4 Å². The van der Waals surface area contributed by atoms with E-state index in [1.54, 1.807) is 12.1 Å². The Labute approximate surface area is 181 Å². The standard InChI is InChI=1S/C22H27FN2O5S/c1-14(15-3-7-17(23)8-4-15)24-22(27)16-5-9-18(10-6-16)25-31(28,29)19-11-12-20(26)21(13-19)30-2/h3-4,7-8,11-14,16,18,25-26H,5-6,9-10H2,1-2H3,(H,24,27). The van der Waals surface area contributed by atoms with E-state index in [0.717, 1.165) is 5.56 Å². The van der Waals surface area contributed by atoms with E-state index in [1.807, 2.05) is 6.92 Å². The van der Waals surface area contributed by atoms with Gasteiger partial charge in [0.05, 0.1) is 18.0 Å². The number of halogens is 1. The second kappa shape index (κ2) is 9.65. The van der Waals surface area contributed by atoms with Crippen molar-refractivity contribution in [2.45, 2.75) is 49.6 Å². The number of ether oxygens (including phenoxy) is 1. The Morgan fingerprint density at radius 2 is 1.77 bits per heavy atom. The monoisotopic (exact) mass is 450 g/mol. The zero-order valence-corrected chi connectivity index (χ0v) is 18.3. The molecule has 0 radical (unpaired) electrons. The number of hydrogen-bond donors (Lipinski definition) is 3. The first-order valence-electron chi connectivity index (χ1n) is 10.1. The van der Waals surface area contributed by atoms with Crippen molar-refractivity contribution in [2.24, 2.45) is 5.92 Å². The van der Waals surface area contributed by atoms with Crippen molar-refractivity contribution in [2.75, 3.05) is 7.11 Å². The summed E-state index contributed by atoms with van der Waals surface area (Å²) in [7, 11) is -2.43. The lowest BCUT2D eigenvalue weighted by Crippen LogP contribution is -2.41. The summed E-state index contributed by atoms with van der Waals surface area (Å²) in [5, 5.41) is 12.6. The SMILES string of the molecule is COc1cc(S(=O)(=O)NC2CCC(C(=O)NC(C)c3ccc(F)cc3)CC2)ccc1O. The number of benzene rings is 2. The number of phenolic OH excluding ortho intramolecular Hbond substituents is 1. The van der Waals surface area contributed by atoms with Crippen LogP contribution in [-0.4, -0.2) is 32.6 Å². The molecule has 0 spiro atoms. The average Bonchev–Trinajstić information content (AvgIpc) is 2.74. The van der Waals surface area contributed by atoms with Crippen LogP contribution in [0.2, 0.25) is 0 Å². The van der Waals surface area contributed by atoms with Crippen LogP contribution in [0, 0.1) is 11.7 Å². The molecule has 2 aromatic rings. The van der Waals surface area contributed by atoms with Gasteiger partial charge in [-0.1, -0.05) is 12.1 Å². The number of phenols is 1. The normalized spacial score (nSPS) is 20.1. The van der Waals surface area contributed by atoms with Crippen molar-refractivity contribution in [1.29, 1.82) is 0 Å². The third-order valence-corrected chi connectivity index (χ3v) is 7.13. The molecule has 1 unspecified atom stereocenters. The summed E-state index contributed by atoms with van der Waals surface area (Å²) in [6.45, 7) is 1.84. The van der Waals surface area contributed by atoms with E-state index in [-0.39, 0.29) is 46.1 Å². The minimum Gasteiger partial charge on any atom is -0.504 e. The number of carbonyl (C=O) groups excluding carboxylic acids is 1. The topological polar surface area (TPSA) is 105 Å². The third-order valence-electron chi connectivity index (χ3n) is 5.61. The van der Waals surface area contributed by atoms with Gasteiger partial charge in [0.2, 0.25) is 15.9 Å². The van der Waals surface area contributed by atoms with Crippen LogP contribution in [0.3, 0.4) is 0 Å². The number of methoxy groups -OCH3 is 1. The fourth-order valence-electron chi connectivity index (χ4n) is 3.75. The van der Waals surface area contributed by atoms with Gasteiger partial charge < -0.3 is 15.2 Å². The van der Waals surface area contributed by atoms with Crippen LogP contribution in [0.5, 0.6) is 11.5 Å². The van der Waals surface area contributed by atoms with Gasteiger partial charge in [-0.3, -0.25) is 4.79 Å². The summed E-state index contributed by atoms with van der Waals surface area (Å²) in [6, 6.07) is 9.35. The maximum Gasteiger partial charge on any atom is 0.240 e. The second-order valence-electron chi connectivity index (χ2n) is 7.79. The molecule has 1 atom stereocenters. The second-order valence-corrected chi connectivity index (χ2v) is 9.50. The van der Waals surface area contributed by atoms with Crippen LogP contribution in [0.25, 0.3) is 0 Å². The highest BCUT2D eigenvalue weighted by molar-refractivity contribution is 7.89. The van der Waals surface area contributed by atoms with E-state index in [2.05, 4.69) is 10.0 Å². The van der Waals surface area contributed by atoms with Crippen LogP contribution in [0.1, 0.15) is 44.2 Å². The first-order valence-corrected chi connectivity index (χ1v) is 11.6. The van der Waals surface area contributed by atoms with Gasteiger partial charge in [0.25, 0.3) is 0 Å². The van der Waals surface area contributed by atoms with Gasteiger partial charge in [-0.15, -0.1) is 0 Å². The van der Waals surface area contributed by atoms with Gasteiger partial charge in [0.15, 0.2) is 11.5 Å². The number of hydrogen-bond acceptors (Lipinski definition) is 5. The quantitative estimate of drug-likeness (QED) is 0.601. The Kier molecular flexibility index (Phi) is 7.17. The van der Waals surface area contributed by atoms with Gasteiger partial charge in [-0.05, 0) is 62.4 Å². The number of aromatic hydroxyl groups is 1. The number of rotatable bonds is 7. The maximum atomic E-state index is 13.1. The van der Waals surface area contributed by atoms with Gasteiger partial charge >= 0.3 is 0 Å². The van der Waals surface area contributed by atoms with Crippen LogP contribution < -0.4 is 14.8 Å². The molecule has 0 heterocycles. The minimum absolute atomic E-state index is 0.00939. The fourth-order valence-corrected chi connectivity index (χ4v) is 5.07. The zero-order chi connectivity index (χ0) is 22.6. The fraction of sp³-hybridized carbons (Fsp3) is 0.409. The van der Waals surface area contributed by atoms with Crippen molar-refractivity contribution in [3.63, 3.8) is 0 Å². The molecule has 31 heavy (non-hydrogen) atoms. The minimum atomic E-state index is -3.78. The molecule has 9 heteroatoms. The molecule has 0 aromatic heterocycles. The van der Waals surface area contributed by atoms with Gasteiger partial charge in [0.1, 0.15) is 5.82 Å². The highest BCUT2D eigenvalue weighted by Gasteiger charge is 2.30. The highest BCUT2D eigenvalue weighted by Crippen LogP contribution is 2.30. The molecule has 0 saturated heterocycles. The number of sulfonamides is 1. The Hall–Kier alpha value is -2.65. The molecule has 1 amide bonds. The molecule has 2 aromatic carbocycles. The van der Waals surface area contributed by atoms with Crippen molar-refractivity contribution in [1.82, 2.24) is 10.0 Å². The number of amides is 1. The molecule has 1 aliphatic rings. The molecule has 1 saturated carbocycles. The summed E-state index contributed by atoms with van der Waals surface area (Å²) < 4.78 is 46.1. The molecule has 1 aliphatic carbocycles. The van der Waals surface area contributed by atoms with E-state index < -0.39 is 10.0 Å². The van der Waals surface area contributed by atoms with E-state index >= 15 is 0 Å². The molecular formula is C22H27FN2O5S. The Morgan fingerprint density at radius 1 is 1.13 bits per heavy atom. The third kappa shape index (κ3) is 5.74. The molecule has 3 N–H and O–H groups in total. The average molecular weight is 451 g/mol. The smallest absolute Gasteiger partial charge is 0.240 e. The molecular weight excluding hydrogens is 423 g/mol. The molecule has 0 aliphatic heterocycles. The lowest BCUT2D eigenvalue weighted by Gasteiger charge is -2.29. The van der Waals surface area contributed by atoms with E-state index in [9.17, 15) is 22.7 Å². The summed E-state index contributed by atoms with van der Waals surface area (Å²) in [5.74, 6) is -0.658. The van der Waals surface area contributed by atoms with Crippen molar-refractivity contribution in [3.8, 4) is 11.5 Å². The predicted octanol–water partition coefficient (Wildman–Crippen LogP) is 3.25. The lowest BCUT2D eigenvalue weighted by atomic mass is 9.85. The van der Waals surface area contributed by atoms with Gasteiger partial charge in [-0.25, -0.2) is 17.5 Å². The number of carbonyl (C=O) groups is 1. The highest BCUT2D eigenvalue weighted by atomic mass is 32.2. The predicted molar refractivity (Wildman–Crippen MR) is 114 cm³/mol. The molecule has 0 bridgehead atoms. The first-order chi connectivity index (χ1) is 14.7. The van der Waals surface area contributed by atoms with Crippen LogP contribution in [0.15, 0.2) is 47.4 Å². The van der Waals surface area contributed by atoms with E-state index in [4.69, 9.17) is 4.74 Å². The van der Waals surface area contributed by atoms with Crippen LogP contribution in [0.4, 0.5) is 4.39 Å². The van der Waals surface area contributed by atoms with E-state index in [0.29, 0.717) is 25.7 Å². The maximum absolute atomic E-state index is 13.1. The first kappa shape index (κ1) is 23.0. The summed E-state index contributed by atoms with van der Waals surface area (Å²) in [4.78, 5) is 12.6. The Bertz CT molecular complexity index is 1020. The van der Waals surface area contributed by atoms with Crippen LogP contribution >= 0.6 is 0 Å². The van der Waals surface area contributed by atoms with Gasteiger partial charge in [-0.2, -0.15) is 0 Å².